The fourth-order valence-electron chi connectivity index (χ4n) is 2.60. The minimum absolute atomic E-state index is 0.205. The smallest absolute Gasteiger partial charge is 0.340 e. The summed E-state index contributed by atoms with van der Waals surface area (Å²) in [6.07, 6.45) is 1.87. The molecule has 0 aliphatic carbocycles. The summed E-state index contributed by atoms with van der Waals surface area (Å²) in [6, 6.07) is 13.4. The Morgan fingerprint density at radius 1 is 1.04 bits per heavy atom. The Hall–Kier alpha value is -2.87. The van der Waals surface area contributed by atoms with Crippen molar-refractivity contribution in [1.82, 2.24) is 0 Å². The third-order valence-corrected chi connectivity index (χ3v) is 5.16. The number of rotatable bonds is 8. The topological polar surface area (TPSA) is 92.8 Å². The van der Waals surface area contributed by atoms with Gasteiger partial charge in [0.15, 0.2) is 0 Å². The first-order valence-corrected chi connectivity index (χ1v) is 10.7. The minimum atomic E-state index is -3.68. The molecule has 0 fully saturated rings. The number of amides is 1. The van der Waals surface area contributed by atoms with E-state index in [2.05, 4.69) is 5.32 Å². The number of benzene rings is 2. The van der Waals surface area contributed by atoms with Gasteiger partial charge in [0.1, 0.15) is 6.54 Å². The van der Waals surface area contributed by atoms with Gasteiger partial charge in [-0.15, -0.1) is 0 Å². The zero-order chi connectivity index (χ0) is 20.7. The van der Waals surface area contributed by atoms with Crippen molar-refractivity contribution in [1.29, 1.82) is 0 Å². The summed E-state index contributed by atoms with van der Waals surface area (Å²) in [6.45, 7) is 3.48. The normalized spacial score (nSPS) is 11.0. The number of esters is 1. The summed E-state index contributed by atoms with van der Waals surface area (Å²) in [7, 11) is -3.68. The van der Waals surface area contributed by atoms with Crippen LogP contribution in [-0.4, -0.2) is 39.7 Å². The molecule has 2 aromatic carbocycles. The highest BCUT2D eigenvalue weighted by molar-refractivity contribution is 7.92. The van der Waals surface area contributed by atoms with Gasteiger partial charge in [-0.1, -0.05) is 31.2 Å². The highest BCUT2D eigenvalue weighted by Gasteiger charge is 2.22. The first kappa shape index (κ1) is 21.4. The largest absolute Gasteiger partial charge is 0.462 e. The molecule has 0 heterocycles. The predicted octanol–water partition coefficient (Wildman–Crippen LogP) is 2.83. The Kier molecular flexibility index (Phi) is 7.17. The number of nitrogens with one attached hydrogen (secondary N) is 1. The van der Waals surface area contributed by atoms with Crippen LogP contribution in [0, 0.1) is 0 Å². The Balaban J connectivity index is 2.22. The molecule has 2 rings (SSSR count). The van der Waals surface area contributed by atoms with E-state index in [0.717, 1.165) is 22.5 Å². The molecule has 0 saturated carbocycles. The van der Waals surface area contributed by atoms with Gasteiger partial charge in [0.05, 0.1) is 29.8 Å². The van der Waals surface area contributed by atoms with E-state index in [9.17, 15) is 18.0 Å². The van der Waals surface area contributed by atoms with Gasteiger partial charge in [0.25, 0.3) is 0 Å². The van der Waals surface area contributed by atoms with E-state index in [1.807, 2.05) is 19.1 Å². The van der Waals surface area contributed by atoms with Gasteiger partial charge in [0.2, 0.25) is 15.9 Å². The predicted molar refractivity (Wildman–Crippen MR) is 109 cm³/mol. The van der Waals surface area contributed by atoms with Crippen LogP contribution in [0.2, 0.25) is 0 Å². The Bertz CT molecular complexity index is 939. The summed E-state index contributed by atoms with van der Waals surface area (Å²) >= 11 is 0. The number of hydrogen-bond donors (Lipinski definition) is 1. The number of nitrogens with zero attached hydrogens (tertiary/aromatic N) is 1. The van der Waals surface area contributed by atoms with Gasteiger partial charge in [-0.3, -0.25) is 9.10 Å². The summed E-state index contributed by atoms with van der Waals surface area (Å²) < 4.78 is 30.4. The van der Waals surface area contributed by atoms with Crippen molar-refractivity contribution in [2.75, 3.05) is 29.0 Å². The molecule has 7 nitrogen and oxygen atoms in total. The summed E-state index contributed by atoms with van der Waals surface area (Å²) in [4.78, 5) is 24.6. The van der Waals surface area contributed by atoms with E-state index in [1.165, 1.54) is 6.07 Å². The third-order valence-electron chi connectivity index (χ3n) is 4.02. The van der Waals surface area contributed by atoms with Crippen molar-refractivity contribution in [2.24, 2.45) is 0 Å². The van der Waals surface area contributed by atoms with Crippen LogP contribution in [0.15, 0.2) is 48.5 Å². The molecule has 0 atom stereocenters. The monoisotopic (exact) mass is 404 g/mol. The molecule has 1 amide bonds. The second-order valence-corrected chi connectivity index (χ2v) is 8.01. The maximum atomic E-state index is 12.5. The molecule has 0 aromatic heterocycles. The Morgan fingerprint density at radius 2 is 1.68 bits per heavy atom. The molecular formula is C20H24N2O5S. The summed E-state index contributed by atoms with van der Waals surface area (Å²) in [5.41, 5.74) is 1.93. The minimum Gasteiger partial charge on any atom is -0.462 e. The van der Waals surface area contributed by atoms with Gasteiger partial charge < -0.3 is 10.1 Å². The lowest BCUT2D eigenvalue weighted by Gasteiger charge is -2.22. The van der Waals surface area contributed by atoms with Crippen LogP contribution in [0.5, 0.6) is 0 Å². The molecule has 0 aliphatic rings. The average molecular weight is 404 g/mol. The fraction of sp³-hybridized carbons (Fsp3) is 0.300. The van der Waals surface area contributed by atoms with Crippen molar-refractivity contribution >= 4 is 33.3 Å². The zero-order valence-electron chi connectivity index (χ0n) is 16.1. The Labute approximate surface area is 165 Å². The summed E-state index contributed by atoms with van der Waals surface area (Å²) in [5, 5.41) is 2.60. The lowest BCUT2D eigenvalue weighted by Crippen LogP contribution is -2.37. The number of anilines is 2. The van der Waals surface area contributed by atoms with Crippen LogP contribution >= 0.6 is 0 Å². The number of carbonyl (C=O) groups is 2. The van der Waals surface area contributed by atoms with Crippen molar-refractivity contribution in [3.63, 3.8) is 0 Å². The van der Waals surface area contributed by atoms with Gasteiger partial charge in [-0.05, 0) is 43.2 Å². The molecule has 28 heavy (non-hydrogen) atoms. The molecule has 0 unspecified atom stereocenters. The molecule has 0 aliphatic heterocycles. The first-order valence-electron chi connectivity index (χ1n) is 8.89. The number of sulfonamides is 1. The molecule has 8 heteroatoms. The maximum absolute atomic E-state index is 12.5. The van der Waals surface area contributed by atoms with E-state index in [1.54, 1.807) is 37.3 Å². The van der Waals surface area contributed by atoms with E-state index < -0.39 is 28.4 Å². The van der Waals surface area contributed by atoms with E-state index in [4.69, 9.17) is 4.74 Å². The molecular weight excluding hydrogens is 380 g/mol. The SMILES string of the molecule is CCOC(=O)c1ccccc1NC(=O)CN(c1ccc(CC)cc1)S(C)(=O)=O. The first-order chi connectivity index (χ1) is 13.3. The van der Waals surface area contributed by atoms with Crippen LogP contribution in [0.1, 0.15) is 29.8 Å². The Morgan fingerprint density at radius 3 is 2.25 bits per heavy atom. The average Bonchev–Trinajstić information content (AvgIpc) is 2.66. The standard InChI is InChI=1S/C20H24N2O5S/c1-4-15-10-12-16(13-11-15)22(28(3,25)26)14-19(23)21-18-9-7-6-8-17(18)20(24)27-5-2/h6-13H,4-5,14H2,1-3H3,(H,21,23). The van der Waals surface area contributed by atoms with E-state index in [0.29, 0.717) is 5.69 Å². The number of aryl methyl sites for hydroxylation is 1. The van der Waals surface area contributed by atoms with Gasteiger partial charge >= 0.3 is 5.97 Å². The van der Waals surface area contributed by atoms with Crippen LogP contribution in [0.4, 0.5) is 11.4 Å². The molecule has 1 N–H and O–H groups in total. The van der Waals surface area contributed by atoms with E-state index >= 15 is 0 Å². The highest BCUT2D eigenvalue weighted by Crippen LogP contribution is 2.20. The van der Waals surface area contributed by atoms with Crippen LogP contribution in [0.3, 0.4) is 0 Å². The summed E-state index contributed by atoms with van der Waals surface area (Å²) in [5.74, 6) is -1.13. The molecule has 150 valence electrons. The molecule has 0 saturated heterocycles. The molecule has 0 spiro atoms. The number of hydrogen-bond acceptors (Lipinski definition) is 5. The van der Waals surface area contributed by atoms with Gasteiger partial charge in [0, 0.05) is 0 Å². The second-order valence-electron chi connectivity index (χ2n) is 6.10. The van der Waals surface area contributed by atoms with Crippen LogP contribution < -0.4 is 9.62 Å². The lowest BCUT2D eigenvalue weighted by molar-refractivity contribution is -0.114. The number of para-hydroxylation sites is 1. The fourth-order valence-corrected chi connectivity index (χ4v) is 3.45. The van der Waals surface area contributed by atoms with Crippen molar-refractivity contribution < 1.29 is 22.7 Å². The second kappa shape index (κ2) is 9.36. The lowest BCUT2D eigenvalue weighted by atomic mass is 10.1. The highest BCUT2D eigenvalue weighted by atomic mass is 32.2. The van der Waals surface area contributed by atoms with Crippen molar-refractivity contribution in [3.05, 3.63) is 59.7 Å². The van der Waals surface area contributed by atoms with Crippen molar-refractivity contribution in [2.45, 2.75) is 20.3 Å². The quantitative estimate of drug-likeness (QED) is 0.683. The number of carbonyl (C=O) groups excluding carboxylic acids is 2. The maximum Gasteiger partial charge on any atom is 0.340 e. The van der Waals surface area contributed by atoms with E-state index in [-0.39, 0.29) is 17.9 Å². The molecule has 0 radical (unpaired) electrons. The van der Waals surface area contributed by atoms with Gasteiger partial charge in [-0.25, -0.2) is 13.2 Å². The van der Waals surface area contributed by atoms with Crippen molar-refractivity contribution in [3.8, 4) is 0 Å². The van der Waals surface area contributed by atoms with Crippen LogP contribution in [0.25, 0.3) is 0 Å². The van der Waals surface area contributed by atoms with Crippen LogP contribution in [-0.2, 0) is 26.0 Å². The van der Waals surface area contributed by atoms with Gasteiger partial charge in [-0.2, -0.15) is 0 Å². The molecule has 2 aromatic rings. The number of ether oxygens (including phenoxy) is 1. The third kappa shape index (κ3) is 5.56. The zero-order valence-corrected chi connectivity index (χ0v) is 17.0. The molecule has 0 bridgehead atoms.